The topological polar surface area (TPSA) is 41.8 Å². The van der Waals surface area contributed by atoms with E-state index < -0.39 is 0 Å². The molecule has 2 aromatic carbocycles. The highest BCUT2D eigenvalue weighted by Gasteiger charge is 2.14. The monoisotopic (exact) mass is 306 g/mol. The van der Waals surface area contributed by atoms with Crippen LogP contribution in [0.1, 0.15) is 36.5 Å². The number of aromatic amines is 1. The molecule has 1 heterocycles. The molecule has 0 unspecified atom stereocenters. The van der Waals surface area contributed by atoms with Crippen molar-refractivity contribution in [2.24, 2.45) is 5.73 Å². The fourth-order valence-electron chi connectivity index (χ4n) is 3.30. The molecule has 2 heteroatoms. The lowest BCUT2D eigenvalue weighted by Crippen LogP contribution is -1.99. The van der Waals surface area contributed by atoms with Gasteiger partial charge in [-0.1, -0.05) is 37.3 Å². The minimum atomic E-state index is 0.766. The van der Waals surface area contributed by atoms with Crippen LogP contribution in [0.2, 0.25) is 0 Å². The van der Waals surface area contributed by atoms with Crippen LogP contribution in [0.5, 0.6) is 0 Å². The van der Waals surface area contributed by atoms with E-state index in [2.05, 4.69) is 61.3 Å². The summed E-state index contributed by atoms with van der Waals surface area (Å²) in [7, 11) is 0. The van der Waals surface area contributed by atoms with Gasteiger partial charge in [-0.2, -0.15) is 0 Å². The Morgan fingerprint density at radius 1 is 1.04 bits per heavy atom. The summed E-state index contributed by atoms with van der Waals surface area (Å²) >= 11 is 0. The molecular formula is C21H26N2. The normalized spacial score (nSPS) is 11.3. The minimum absolute atomic E-state index is 0.766. The highest BCUT2D eigenvalue weighted by atomic mass is 14.7. The number of unbranched alkanes of at least 4 members (excludes halogenated alkanes) is 1. The Labute approximate surface area is 138 Å². The smallest absolute Gasteiger partial charge is 0.0500 e. The number of aromatic nitrogens is 1. The zero-order valence-electron chi connectivity index (χ0n) is 14.2. The van der Waals surface area contributed by atoms with Crippen LogP contribution in [0.4, 0.5) is 0 Å². The van der Waals surface area contributed by atoms with Crippen molar-refractivity contribution in [2.75, 3.05) is 6.54 Å². The van der Waals surface area contributed by atoms with Crippen LogP contribution in [0.25, 0.3) is 22.2 Å². The van der Waals surface area contributed by atoms with Crippen LogP contribution in [0.3, 0.4) is 0 Å². The molecule has 0 radical (unpaired) electrons. The van der Waals surface area contributed by atoms with Gasteiger partial charge in [-0.05, 0) is 68.0 Å². The highest BCUT2D eigenvalue weighted by molar-refractivity contribution is 5.91. The summed E-state index contributed by atoms with van der Waals surface area (Å²) in [6.07, 6.45) is 4.36. The predicted molar refractivity (Wildman–Crippen MR) is 99.8 cm³/mol. The summed E-state index contributed by atoms with van der Waals surface area (Å²) in [6, 6.07) is 15.4. The Morgan fingerprint density at radius 3 is 2.61 bits per heavy atom. The molecule has 0 atom stereocenters. The van der Waals surface area contributed by atoms with E-state index in [9.17, 15) is 0 Å². The second-order valence-electron chi connectivity index (χ2n) is 6.27. The van der Waals surface area contributed by atoms with Crippen molar-refractivity contribution < 1.29 is 0 Å². The van der Waals surface area contributed by atoms with E-state index in [-0.39, 0.29) is 0 Å². The quantitative estimate of drug-likeness (QED) is 0.619. The molecule has 0 saturated heterocycles. The van der Waals surface area contributed by atoms with Crippen LogP contribution in [0.15, 0.2) is 42.5 Å². The Balaban J connectivity index is 2.15. The lowest BCUT2D eigenvalue weighted by Gasteiger charge is -2.08. The van der Waals surface area contributed by atoms with Gasteiger partial charge >= 0.3 is 0 Å². The van der Waals surface area contributed by atoms with Crippen LogP contribution in [0, 0.1) is 6.92 Å². The first-order chi connectivity index (χ1) is 11.2. The molecule has 0 fully saturated rings. The third-order valence-electron chi connectivity index (χ3n) is 4.67. The van der Waals surface area contributed by atoms with Gasteiger partial charge in [0.2, 0.25) is 0 Å². The van der Waals surface area contributed by atoms with Crippen LogP contribution >= 0.6 is 0 Å². The van der Waals surface area contributed by atoms with Crippen molar-refractivity contribution in [3.05, 3.63) is 59.2 Å². The molecule has 0 saturated carbocycles. The van der Waals surface area contributed by atoms with E-state index in [1.807, 2.05) is 0 Å². The van der Waals surface area contributed by atoms with Crippen LogP contribution in [-0.4, -0.2) is 11.5 Å². The van der Waals surface area contributed by atoms with Crippen molar-refractivity contribution in [3.63, 3.8) is 0 Å². The molecule has 0 aliphatic rings. The first-order valence-electron chi connectivity index (χ1n) is 8.64. The van der Waals surface area contributed by atoms with Gasteiger partial charge in [0.15, 0.2) is 0 Å². The SMILES string of the molecule is CCc1ccc2[nH]c(-c3ccccc3C)c(CCCCN)c2c1. The van der Waals surface area contributed by atoms with Gasteiger partial charge in [0.25, 0.3) is 0 Å². The Hall–Kier alpha value is -2.06. The first-order valence-corrected chi connectivity index (χ1v) is 8.64. The molecule has 1 aromatic heterocycles. The molecule has 0 spiro atoms. The Morgan fingerprint density at radius 2 is 1.87 bits per heavy atom. The first kappa shape index (κ1) is 15.8. The van der Waals surface area contributed by atoms with E-state index in [0.717, 1.165) is 32.2 Å². The van der Waals surface area contributed by atoms with Crippen molar-refractivity contribution in [1.29, 1.82) is 0 Å². The number of fused-ring (bicyclic) bond motifs is 1. The summed E-state index contributed by atoms with van der Waals surface area (Å²) in [6.45, 7) is 5.16. The number of aryl methyl sites for hydroxylation is 3. The number of rotatable bonds is 6. The minimum Gasteiger partial charge on any atom is -0.354 e. The van der Waals surface area contributed by atoms with E-state index in [1.165, 1.54) is 38.9 Å². The fraction of sp³-hybridized carbons (Fsp3) is 0.333. The molecular weight excluding hydrogens is 280 g/mol. The standard InChI is InChI=1S/C21H26N2/c1-3-16-11-12-20-19(14-16)18(10-6-7-13-22)21(23-20)17-9-5-4-8-15(17)2/h4-5,8-9,11-12,14,23H,3,6-7,10,13,22H2,1-2H3. The van der Waals surface area contributed by atoms with Gasteiger partial charge in [0.1, 0.15) is 0 Å². The van der Waals surface area contributed by atoms with Gasteiger partial charge in [0.05, 0.1) is 0 Å². The average molecular weight is 306 g/mol. The van der Waals surface area contributed by atoms with Crippen molar-refractivity contribution in [2.45, 2.75) is 39.5 Å². The number of hydrogen-bond donors (Lipinski definition) is 2. The summed E-state index contributed by atoms with van der Waals surface area (Å²) < 4.78 is 0. The molecule has 3 N–H and O–H groups in total. The Kier molecular flexibility index (Phi) is 4.82. The molecule has 0 aliphatic carbocycles. The van der Waals surface area contributed by atoms with Crippen LogP contribution < -0.4 is 5.73 Å². The molecule has 0 bridgehead atoms. The third kappa shape index (κ3) is 3.18. The van der Waals surface area contributed by atoms with Crippen LogP contribution in [-0.2, 0) is 12.8 Å². The molecule has 23 heavy (non-hydrogen) atoms. The summed E-state index contributed by atoms with van der Waals surface area (Å²) in [5, 5.41) is 1.37. The van der Waals surface area contributed by atoms with E-state index >= 15 is 0 Å². The second kappa shape index (κ2) is 7.01. The zero-order chi connectivity index (χ0) is 16.2. The van der Waals surface area contributed by atoms with Crippen molar-refractivity contribution >= 4 is 10.9 Å². The largest absolute Gasteiger partial charge is 0.354 e. The molecule has 3 rings (SSSR count). The molecule has 2 nitrogen and oxygen atoms in total. The molecule has 0 amide bonds. The van der Waals surface area contributed by atoms with Gasteiger partial charge < -0.3 is 10.7 Å². The fourth-order valence-corrected chi connectivity index (χ4v) is 3.30. The van der Waals surface area contributed by atoms with Gasteiger partial charge in [-0.15, -0.1) is 0 Å². The maximum atomic E-state index is 5.69. The maximum Gasteiger partial charge on any atom is 0.0500 e. The van der Waals surface area contributed by atoms with Gasteiger partial charge in [-0.3, -0.25) is 0 Å². The number of hydrogen-bond acceptors (Lipinski definition) is 1. The van der Waals surface area contributed by atoms with Gasteiger partial charge in [0, 0.05) is 22.2 Å². The number of H-pyrrole nitrogens is 1. The zero-order valence-corrected chi connectivity index (χ0v) is 14.2. The summed E-state index contributed by atoms with van der Waals surface area (Å²) in [4.78, 5) is 3.67. The summed E-state index contributed by atoms with van der Waals surface area (Å²) in [5.74, 6) is 0. The molecule has 120 valence electrons. The Bertz CT molecular complexity index is 799. The van der Waals surface area contributed by atoms with Crippen molar-refractivity contribution in [3.8, 4) is 11.3 Å². The van der Waals surface area contributed by atoms with E-state index in [1.54, 1.807) is 0 Å². The predicted octanol–water partition coefficient (Wildman–Crippen LogP) is 4.99. The third-order valence-corrected chi connectivity index (χ3v) is 4.67. The average Bonchev–Trinajstić information content (AvgIpc) is 2.93. The van der Waals surface area contributed by atoms with E-state index in [0.29, 0.717) is 0 Å². The lowest BCUT2D eigenvalue weighted by molar-refractivity contribution is 0.748. The summed E-state index contributed by atoms with van der Waals surface area (Å²) in [5.41, 5.74) is 13.7. The number of benzene rings is 2. The lowest BCUT2D eigenvalue weighted by atomic mass is 9.97. The maximum absolute atomic E-state index is 5.69. The van der Waals surface area contributed by atoms with Crippen molar-refractivity contribution in [1.82, 2.24) is 4.98 Å². The second-order valence-corrected chi connectivity index (χ2v) is 6.27. The highest BCUT2D eigenvalue weighted by Crippen LogP contribution is 2.33. The van der Waals surface area contributed by atoms with Gasteiger partial charge in [-0.25, -0.2) is 0 Å². The van der Waals surface area contributed by atoms with E-state index in [4.69, 9.17) is 5.73 Å². The number of nitrogens with one attached hydrogen (secondary N) is 1. The molecule has 3 aromatic rings. The number of nitrogens with two attached hydrogens (primary N) is 1. The molecule has 0 aliphatic heterocycles.